The zero-order valence-corrected chi connectivity index (χ0v) is 12.5. The fourth-order valence-electron chi connectivity index (χ4n) is 1.66. The van der Waals surface area contributed by atoms with Crippen molar-refractivity contribution in [3.63, 3.8) is 0 Å². The van der Waals surface area contributed by atoms with E-state index in [-0.39, 0.29) is 18.0 Å². The van der Waals surface area contributed by atoms with E-state index in [9.17, 15) is 4.79 Å². The topological polar surface area (TPSA) is 44.4 Å². The number of hydrogen-bond donors (Lipinski definition) is 2. The van der Waals surface area contributed by atoms with Crippen LogP contribution in [-0.2, 0) is 4.79 Å². The van der Waals surface area contributed by atoms with Crippen molar-refractivity contribution in [1.29, 1.82) is 0 Å². The molecule has 1 aromatic rings. The summed E-state index contributed by atoms with van der Waals surface area (Å²) in [5, 5.41) is 6.20. The summed E-state index contributed by atoms with van der Waals surface area (Å²) in [4.78, 5) is 14.0. The molecule has 0 heterocycles. The van der Waals surface area contributed by atoms with Crippen LogP contribution in [0.5, 0.6) is 0 Å². The maximum Gasteiger partial charge on any atom is 0.242 e. The lowest BCUT2D eigenvalue weighted by Crippen LogP contribution is -2.41. The van der Waals surface area contributed by atoms with Crippen LogP contribution in [0, 0.1) is 0 Å². The third-order valence-electron chi connectivity index (χ3n) is 3.14. The maximum absolute atomic E-state index is 12.0. The number of nitrogens with zero attached hydrogens (tertiary/aromatic N) is 1. The van der Waals surface area contributed by atoms with Crippen LogP contribution in [0.2, 0.25) is 0 Å². The van der Waals surface area contributed by atoms with Crippen molar-refractivity contribution in [2.45, 2.75) is 39.3 Å². The molecule has 1 aromatic carbocycles. The molecule has 1 rings (SSSR count). The Bertz CT molecular complexity index is 418. The van der Waals surface area contributed by atoms with Crippen molar-refractivity contribution in [2.75, 3.05) is 24.3 Å². The number of carbonyl (C=O) groups excluding carboxylic acids is 1. The first-order valence-corrected chi connectivity index (χ1v) is 6.78. The minimum Gasteiger partial charge on any atom is -0.378 e. The Labute approximate surface area is 116 Å². The quantitative estimate of drug-likeness (QED) is 0.828. The summed E-state index contributed by atoms with van der Waals surface area (Å²) in [5.41, 5.74) is 2.07. The highest BCUT2D eigenvalue weighted by atomic mass is 16.2. The second kappa shape index (κ2) is 7.02. The summed E-state index contributed by atoms with van der Waals surface area (Å²) in [6, 6.07) is 8.00. The molecule has 2 unspecified atom stereocenters. The Morgan fingerprint density at radius 1 is 1.32 bits per heavy atom. The van der Waals surface area contributed by atoms with Crippen LogP contribution in [0.25, 0.3) is 0 Å². The first-order chi connectivity index (χ1) is 8.93. The summed E-state index contributed by atoms with van der Waals surface area (Å²) < 4.78 is 0. The van der Waals surface area contributed by atoms with Crippen LogP contribution in [0.4, 0.5) is 11.4 Å². The molecule has 19 heavy (non-hydrogen) atoms. The molecule has 2 N–H and O–H groups in total. The zero-order valence-electron chi connectivity index (χ0n) is 12.5. The summed E-state index contributed by atoms with van der Waals surface area (Å²) in [7, 11) is 4.00. The largest absolute Gasteiger partial charge is 0.378 e. The molecule has 0 radical (unpaired) electrons. The van der Waals surface area contributed by atoms with Crippen molar-refractivity contribution in [3.8, 4) is 0 Å². The molecule has 0 aliphatic heterocycles. The standard InChI is InChI=1S/C15H25N3O/c1-6-11(2)16-15(19)12(3)17-13-8-7-9-14(10-13)18(4)5/h7-12,17H,6H2,1-5H3,(H,16,19). The summed E-state index contributed by atoms with van der Waals surface area (Å²) in [6.07, 6.45) is 0.939. The van der Waals surface area contributed by atoms with Gasteiger partial charge in [-0.05, 0) is 38.5 Å². The second-order valence-electron chi connectivity index (χ2n) is 5.13. The van der Waals surface area contributed by atoms with E-state index in [0.29, 0.717) is 0 Å². The average Bonchev–Trinajstić information content (AvgIpc) is 2.38. The van der Waals surface area contributed by atoms with Gasteiger partial charge in [0.25, 0.3) is 0 Å². The average molecular weight is 263 g/mol. The molecule has 0 saturated carbocycles. The minimum atomic E-state index is -0.244. The first-order valence-electron chi connectivity index (χ1n) is 6.78. The van der Waals surface area contributed by atoms with Gasteiger partial charge >= 0.3 is 0 Å². The smallest absolute Gasteiger partial charge is 0.242 e. The molecule has 0 bridgehead atoms. The van der Waals surface area contributed by atoms with E-state index >= 15 is 0 Å². The van der Waals surface area contributed by atoms with Gasteiger partial charge in [-0.25, -0.2) is 0 Å². The van der Waals surface area contributed by atoms with Gasteiger partial charge in [-0.3, -0.25) is 4.79 Å². The predicted octanol–water partition coefficient (Wildman–Crippen LogP) is 2.47. The molecule has 106 valence electrons. The van der Waals surface area contributed by atoms with Crippen LogP contribution < -0.4 is 15.5 Å². The van der Waals surface area contributed by atoms with E-state index in [1.165, 1.54) is 0 Å². The van der Waals surface area contributed by atoms with Crippen molar-refractivity contribution in [1.82, 2.24) is 5.32 Å². The monoisotopic (exact) mass is 263 g/mol. The fraction of sp³-hybridized carbons (Fsp3) is 0.533. The van der Waals surface area contributed by atoms with E-state index in [1.807, 2.05) is 57.1 Å². The lowest BCUT2D eigenvalue weighted by molar-refractivity contribution is -0.122. The Balaban J connectivity index is 2.63. The normalized spacial score (nSPS) is 13.5. The fourth-order valence-corrected chi connectivity index (χ4v) is 1.66. The van der Waals surface area contributed by atoms with Crippen LogP contribution >= 0.6 is 0 Å². The van der Waals surface area contributed by atoms with Gasteiger partial charge in [0.15, 0.2) is 0 Å². The van der Waals surface area contributed by atoms with Gasteiger partial charge in [-0.1, -0.05) is 13.0 Å². The highest BCUT2D eigenvalue weighted by molar-refractivity contribution is 5.84. The Morgan fingerprint density at radius 3 is 2.58 bits per heavy atom. The van der Waals surface area contributed by atoms with E-state index in [1.54, 1.807) is 0 Å². The predicted molar refractivity (Wildman–Crippen MR) is 81.7 cm³/mol. The van der Waals surface area contributed by atoms with Crippen LogP contribution in [0.1, 0.15) is 27.2 Å². The number of nitrogens with one attached hydrogen (secondary N) is 2. The van der Waals surface area contributed by atoms with Gasteiger partial charge in [0.2, 0.25) is 5.91 Å². The molecule has 1 amide bonds. The second-order valence-corrected chi connectivity index (χ2v) is 5.13. The Hall–Kier alpha value is -1.71. The van der Waals surface area contributed by atoms with E-state index in [0.717, 1.165) is 17.8 Å². The maximum atomic E-state index is 12.0. The summed E-state index contributed by atoms with van der Waals surface area (Å²) in [6.45, 7) is 5.95. The molecule has 0 saturated heterocycles. The molecule has 0 aromatic heterocycles. The number of carbonyl (C=O) groups is 1. The number of benzene rings is 1. The molecule has 0 spiro atoms. The first kappa shape index (κ1) is 15.3. The number of rotatable bonds is 6. The Kier molecular flexibility index (Phi) is 5.67. The number of amides is 1. The summed E-state index contributed by atoms with van der Waals surface area (Å²) in [5.74, 6) is 0.0320. The Morgan fingerprint density at radius 2 is 2.00 bits per heavy atom. The van der Waals surface area contributed by atoms with Crippen molar-refractivity contribution in [2.24, 2.45) is 0 Å². The van der Waals surface area contributed by atoms with Gasteiger partial charge < -0.3 is 15.5 Å². The van der Waals surface area contributed by atoms with E-state index in [4.69, 9.17) is 0 Å². The van der Waals surface area contributed by atoms with Gasteiger partial charge in [0.05, 0.1) is 0 Å². The molecule has 0 aliphatic carbocycles. The molecule has 0 fully saturated rings. The third-order valence-corrected chi connectivity index (χ3v) is 3.14. The van der Waals surface area contributed by atoms with E-state index < -0.39 is 0 Å². The number of hydrogen-bond acceptors (Lipinski definition) is 3. The lowest BCUT2D eigenvalue weighted by atomic mass is 10.2. The molecule has 0 aliphatic rings. The van der Waals surface area contributed by atoms with Gasteiger partial charge in [-0.15, -0.1) is 0 Å². The van der Waals surface area contributed by atoms with E-state index in [2.05, 4.69) is 17.6 Å². The molecule has 4 nitrogen and oxygen atoms in total. The van der Waals surface area contributed by atoms with Crippen LogP contribution in [0.15, 0.2) is 24.3 Å². The summed E-state index contributed by atoms with van der Waals surface area (Å²) >= 11 is 0. The van der Waals surface area contributed by atoms with Crippen LogP contribution in [0.3, 0.4) is 0 Å². The molecular formula is C15H25N3O. The minimum absolute atomic E-state index is 0.0320. The van der Waals surface area contributed by atoms with Gasteiger partial charge in [0.1, 0.15) is 6.04 Å². The number of anilines is 2. The highest BCUT2D eigenvalue weighted by Crippen LogP contribution is 2.17. The highest BCUT2D eigenvalue weighted by Gasteiger charge is 2.14. The SMILES string of the molecule is CCC(C)NC(=O)C(C)Nc1cccc(N(C)C)c1. The zero-order chi connectivity index (χ0) is 14.4. The molecule has 4 heteroatoms. The molecule has 2 atom stereocenters. The van der Waals surface area contributed by atoms with Gasteiger partial charge in [-0.2, -0.15) is 0 Å². The lowest BCUT2D eigenvalue weighted by Gasteiger charge is -2.19. The van der Waals surface area contributed by atoms with Crippen molar-refractivity contribution in [3.05, 3.63) is 24.3 Å². The van der Waals surface area contributed by atoms with Gasteiger partial charge in [0, 0.05) is 31.5 Å². The van der Waals surface area contributed by atoms with Crippen molar-refractivity contribution >= 4 is 17.3 Å². The molecular weight excluding hydrogens is 238 g/mol. The van der Waals surface area contributed by atoms with Crippen molar-refractivity contribution < 1.29 is 4.79 Å². The van der Waals surface area contributed by atoms with Crippen LogP contribution in [-0.4, -0.2) is 32.1 Å². The third kappa shape index (κ3) is 4.81.